The molecular formula is C22H24N6O3S2. The second kappa shape index (κ2) is 8.45. The summed E-state index contributed by atoms with van der Waals surface area (Å²) in [7, 11) is -3.33. The maximum absolute atomic E-state index is 11.6. The Hall–Kier alpha value is -2.92. The van der Waals surface area contributed by atoms with E-state index in [4.69, 9.17) is 14.5 Å². The molecule has 5 heterocycles. The number of aromatic nitrogens is 5. The Morgan fingerprint density at radius 3 is 2.52 bits per heavy atom. The minimum Gasteiger partial charge on any atom is -0.348 e. The van der Waals surface area contributed by atoms with Crippen LogP contribution in [0.15, 0.2) is 40.0 Å². The van der Waals surface area contributed by atoms with Crippen LogP contribution in [0.4, 0.5) is 5.13 Å². The number of pyridine rings is 2. The van der Waals surface area contributed by atoms with Crippen molar-refractivity contribution in [2.45, 2.75) is 43.6 Å². The first-order chi connectivity index (χ1) is 15.8. The van der Waals surface area contributed by atoms with E-state index in [1.54, 1.807) is 23.6 Å². The molecule has 4 aromatic heterocycles. The van der Waals surface area contributed by atoms with Crippen molar-refractivity contribution >= 4 is 36.7 Å². The third-order valence-electron chi connectivity index (χ3n) is 5.74. The van der Waals surface area contributed by atoms with Crippen molar-refractivity contribution in [1.82, 2.24) is 25.1 Å². The summed E-state index contributed by atoms with van der Waals surface area (Å²) in [5, 5.41) is 5.10. The van der Waals surface area contributed by atoms with Gasteiger partial charge in [0, 0.05) is 42.9 Å². The fourth-order valence-corrected chi connectivity index (χ4v) is 5.37. The summed E-state index contributed by atoms with van der Waals surface area (Å²) in [5.41, 5.74) is 2.35. The summed E-state index contributed by atoms with van der Waals surface area (Å²) in [4.78, 5) is 21.3. The third kappa shape index (κ3) is 4.47. The van der Waals surface area contributed by atoms with E-state index in [9.17, 15) is 8.42 Å². The Kier molecular flexibility index (Phi) is 5.61. The number of hydrogen-bond donors (Lipinski definition) is 0. The predicted molar refractivity (Wildman–Crippen MR) is 126 cm³/mol. The molecule has 0 amide bonds. The van der Waals surface area contributed by atoms with Crippen LogP contribution in [0.3, 0.4) is 0 Å². The minimum atomic E-state index is -3.33. The highest BCUT2D eigenvalue weighted by Gasteiger charge is 2.27. The van der Waals surface area contributed by atoms with Gasteiger partial charge in [0.1, 0.15) is 10.3 Å². The van der Waals surface area contributed by atoms with Gasteiger partial charge in [0.15, 0.2) is 25.8 Å². The molecule has 0 unspecified atom stereocenters. The molecule has 1 aliphatic heterocycles. The van der Waals surface area contributed by atoms with Gasteiger partial charge in [0.2, 0.25) is 5.89 Å². The monoisotopic (exact) mass is 484 g/mol. The quantitative estimate of drug-likeness (QED) is 0.414. The van der Waals surface area contributed by atoms with Crippen molar-refractivity contribution in [2.75, 3.05) is 24.2 Å². The molecule has 0 aromatic carbocycles. The minimum absolute atomic E-state index is 0.0526. The summed E-state index contributed by atoms with van der Waals surface area (Å²) in [5.74, 6) is 2.05. The molecule has 172 valence electrons. The molecule has 33 heavy (non-hydrogen) atoms. The van der Waals surface area contributed by atoms with Gasteiger partial charge in [-0.1, -0.05) is 30.3 Å². The molecule has 0 N–H and O–H groups in total. The molecule has 1 aliphatic rings. The molecule has 0 radical (unpaired) electrons. The summed E-state index contributed by atoms with van der Waals surface area (Å²) in [6.45, 7) is 5.86. The van der Waals surface area contributed by atoms with Gasteiger partial charge in [-0.25, -0.2) is 23.4 Å². The average Bonchev–Trinajstić information content (AvgIpc) is 3.46. The van der Waals surface area contributed by atoms with E-state index >= 15 is 0 Å². The molecule has 5 rings (SSSR count). The molecule has 0 aliphatic carbocycles. The Morgan fingerprint density at radius 1 is 1.09 bits per heavy atom. The second-order valence-electron chi connectivity index (χ2n) is 8.58. The molecule has 0 spiro atoms. The van der Waals surface area contributed by atoms with Crippen LogP contribution in [0, 0.1) is 0 Å². The van der Waals surface area contributed by atoms with Gasteiger partial charge >= 0.3 is 0 Å². The van der Waals surface area contributed by atoms with Gasteiger partial charge in [0.05, 0.1) is 5.69 Å². The second-order valence-corrected chi connectivity index (χ2v) is 11.5. The molecule has 9 nitrogen and oxygen atoms in total. The van der Waals surface area contributed by atoms with Crippen LogP contribution in [-0.4, -0.2) is 52.9 Å². The smallest absolute Gasteiger partial charge is 0.229 e. The lowest BCUT2D eigenvalue weighted by molar-refractivity contribution is 0.326. The number of piperidine rings is 1. The fourth-order valence-electron chi connectivity index (χ4n) is 3.82. The predicted octanol–water partition coefficient (Wildman–Crippen LogP) is 4.05. The van der Waals surface area contributed by atoms with Crippen LogP contribution in [0.25, 0.3) is 21.6 Å². The normalized spacial score (nSPS) is 15.6. The largest absolute Gasteiger partial charge is 0.348 e. The van der Waals surface area contributed by atoms with Gasteiger partial charge in [-0.15, -0.1) is 0 Å². The van der Waals surface area contributed by atoms with E-state index in [0.717, 1.165) is 70.6 Å². The first-order valence-electron chi connectivity index (χ1n) is 10.8. The number of rotatable bonds is 5. The zero-order valence-electron chi connectivity index (χ0n) is 18.6. The Bertz CT molecular complexity index is 1390. The summed E-state index contributed by atoms with van der Waals surface area (Å²) >= 11 is 1.56. The maximum Gasteiger partial charge on any atom is 0.229 e. The lowest BCUT2D eigenvalue weighted by Crippen LogP contribution is -2.32. The van der Waals surface area contributed by atoms with Gasteiger partial charge < -0.3 is 9.42 Å². The fraction of sp³-hybridized carbons (Fsp3) is 0.409. The Labute approximate surface area is 195 Å². The molecular weight excluding hydrogens is 460 g/mol. The molecule has 0 saturated carbocycles. The highest BCUT2D eigenvalue weighted by Crippen LogP contribution is 2.34. The number of hydrogen-bond acceptors (Lipinski definition) is 10. The highest BCUT2D eigenvalue weighted by molar-refractivity contribution is 7.90. The van der Waals surface area contributed by atoms with E-state index in [2.05, 4.69) is 33.9 Å². The van der Waals surface area contributed by atoms with Crippen molar-refractivity contribution in [3.05, 3.63) is 42.2 Å². The molecule has 1 fully saturated rings. The van der Waals surface area contributed by atoms with Gasteiger partial charge in [-0.2, -0.15) is 4.98 Å². The standard InChI is InChI=1S/C22H24N6O3S2/c1-13(2)19-26-20(31-27-19)14-8-10-28(11-9-14)22-25-17-6-5-16(24-21(17)32-22)15-4-7-18(23-12-15)33(3,29)30/h4-7,12-14H,8-11H2,1-3H3. The molecule has 11 heteroatoms. The first-order valence-corrected chi connectivity index (χ1v) is 13.5. The van der Waals surface area contributed by atoms with Gasteiger partial charge in [-0.05, 0) is 37.1 Å². The molecule has 0 bridgehead atoms. The van der Waals surface area contributed by atoms with Crippen LogP contribution in [0.5, 0.6) is 0 Å². The first kappa shape index (κ1) is 21.9. The zero-order chi connectivity index (χ0) is 23.2. The van der Waals surface area contributed by atoms with Crippen molar-refractivity contribution < 1.29 is 12.9 Å². The van der Waals surface area contributed by atoms with Crippen molar-refractivity contribution in [3.63, 3.8) is 0 Å². The summed E-state index contributed by atoms with van der Waals surface area (Å²) < 4.78 is 28.8. The van der Waals surface area contributed by atoms with Crippen LogP contribution >= 0.6 is 11.3 Å². The maximum atomic E-state index is 11.6. The SMILES string of the molecule is CC(C)c1noc(C2CCN(c3nc4ccc(-c5ccc(S(C)(=O)=O)nc5)nc4s3)CC2)n1. The van der Waals surface area contributed by atoms with E-state index in [-0.39, 0.29) is 16.9 Å². The van der Waals surface area contributed by atoms with Crippen LogP contribution in [0.2, 0.25) is 0 Å². The number of nitrogens with zero attached hydrogens (tertiary/aromatic N) is 6. The summed E-state index contributed by atoms with van der Waals surface area (Å²) in [6.07, 6.45) is 4.56. The van der Waals surface area contributed by atoms with Gasteiger partial charge in [0.25, 0.3) is 0 Å². The topological polar surface area (TPSA) is 115 Å². The lowest BCUT2D eigenvalue weighted by atomic mass is 9.97. The highest BCUT2D eigenvalue weighted by atomic mass is 32.2. The molecule has 1 saturated heterocycles. The number of thiazole rings is 1. The van der Waals surface area contributed by atoms with E-state index < -0.39 is 9.84 Å². The number of fused-ring (bicyclic) bond motifs is 1. The summed E-state index contributed by atoms with van der Waals surface area (Å²) in [6, 6.07) is 7.07. The molecule has 0 atom stereocenters. The van der Waals surface area contributed by atoms with Crippen molar-refractivity contribution in [1.29, 1.82) is 0 Å². The Morgan fingerprint density at radius 2 is 1.88 bits per heavy atom. The van der Waals surface area contributed by atoms with E-state index in [0.29, 0.717) is 0 Å². The number of anilines is 1. The average molecular weight is 485 g/mol. The molecule has 4 aromatic rings. The van der Waals surface area contributed by atoms with Crippen LogP contribution in [0.1, 0.15) is 50.2 Å². The number of sulfone groups is 1. The van der Waals surface area contributed by atoms with Crippen LogP contribution < -0.4 is 4.90 Å². The van der Waals surface area contributed by atoms with Crippen molar-refractivity contribution in [3.8, 4) is 11.3 Å². The Balaban J connectivity index is 1.31. The van der Waals surface area contributed by atoms with E-state index in [1.807, 2.05) is 12.1 Å². The van der Waals surface area contributed by atoms with Crippen LogP contribution in [-0.2, 0) is 9.84 Å². The third-order valence-corrected chi connectivity index (χ3v) is 7.77. The van der Waals surface area contributed by atoms with E-state index in [1.165, 1.54) is 6.07 Å². The lowest BCUT2D eigenvalue weighted by Gasteiger charge is -2.29. The van der Waals surface area contributed by atoms with Crippen molar-refractivity contribution in [2.24, 2.45) is 0 Å². The zero-order valence-corrected chi connectivity index (χ0v) is 20.2. The van der Waals surface area contributed by atoms with Gasteiger partial charge in [-0.3, -0.25) is 0 Å².